The van der Waals surface area contributed by atoms with E-state index in [4.69, 9.17) is 23.2 Å². The van der Waals surface area contributed by atoms with Crippen molar-refractivity contribution < 1.29 is 9.59 Å². The number of nitrogens with zero attached hydrogens (tertiary/aromatic N) is 2. The summed E-state index contributed by atoms with van der Waals surface area (Å²) in [7, 11) is 0. The maximum absolute atomic E-state index is 13.0. The molecule has 25 heavy (non-hydrogen) atoms. The molecule has 0 N–H and O–H groups in total. The largest absolute Gasteiger partial charge is 0.339 e. The van der Waals surface area contributed by atoms with E-state index in [1.807, 2.05) is 17.0 Å². The van der Waals surface area contributed by atoms with Crippen LogP contribution in [0.1, 0.15) is 37.3 Å². The van der Waals surface area contributed by atoms with Crippen molar-refractivity contribution >= 4 is 35.0 Å². The second-order valence-corrected chi connectivity index (χ2v) is 7.48. The van der Waals surface area contributed by atoms with E-state index in [1.165, 1.54) is 6.08 Å². The Bertz CT molecular complexity index is 684. The zero-order valence-corrected chi connectivity index (χ0v) is 15.6. The zero-order chi connectivity index (χ0) is 18.0. The molecule has 3 rings (SSSR count). The maximum atomic E-state index is 13.0. The lowest BCUT2D eigenvalue weighted by Crippen LogP contribution is -2.43. The maximum Gasteiger partial charge on any atom is 0.245 e. The van der Waals surface area contributed by atoms with Gasteiger partial charge in [-0.3, -0.25) is 9.59 Å². The lowest BCUT2D eigenvalue weighted by atomic mass is 9.94. The predicted molar refractivity (Wildman–Crippen MR) is 99.7 cm³/mol. The van der Waals surface area contributed by atoms with Gasteiger partial charge in [-0.2, -0.15) is 0 Å². The van der Waals surface area contributed by atoms with Crippen LogP contribution in [0.3, 0.4) is 0 Å². The van der Waals surface area contributed by atoms with Gasteiger partial charge in [-0.05, 0) is 49.5 Å². The molecule has 2 aliphatic heterocycles. The standard InChI is InChI=1S/C19H22Cl2N2O2/c1-2-18(24)22-10-7-13(8-11-22)19(25)23-9-3-4-17(23)14-5-6-15(20)16(21)12-14/h2,5-6,12-13,17H,1,3-4,7-11H2. The molecule has 1 aromatic rings. The minimum Gasteiger partial charge on any atom is -0.339 e. The highest BCUT2D eigenvalue weighted by molar-refractivity contribution is 6.42. The molecule has 0 radical (unpaired) electrons. The van der Waals surface area contributed by atoms with Crippen LogP contribution in [0.15, 0.2) is 30.9 Å². The van der Waals surface area contributed by atoms with Crippen molar-refractivity contribution in [2.45, 2.75) is 31.7 Å². The number of likely N-dealkylation sites (tertiary alicyclic amines) is 2. The molecule has 2 amide bonds. The summed E-state index contributed by atoms with van der Waals surface area (Å²) in [6.45, 7) is 5.53. The topological polar surface area (TPSA) is 40.6 Å². The predicted octanol–water partition coefficient (Wildman–Crippen LogP) is 4.08. The molecule has 2 aliphatic rings. The molecule has 0 aromatic heterocycles. The van der Waals surface area contributed by atoms with Gasteiger partial charge in [-0.25, -0.2) is 0 Å². The summed E-state index contributed by atoms with van der Waals surface area (Å²) >= 11 is 12.2. The Balaban J connectivity index is 1.68. The van der Waals surface area contributed by atoms with Crippen LogP contribution in [-0.2, 0) is 9.59 Å². The van der Waals surface area contributed by atoms with E-state index < -0.39 is 0 Å². The quantitative estimate of drug-likeness (QED) is 0.741. The minimum absolute atomic E-state index is 0.0164. The molecule has 1 aromatic carbocycles. The van der Waals surface area contributed by atoms with E-state index in [9.17, 15) is 9.59 Å². The van der Waals surface area contributed by atoms with Crippen LogP contribution in [0.4, 0.5) is 0 Å². The fourth-order valence-electron chi connectivity index (χ4n) is 3.81. The number of piperidine rings is 1. The summed E-state index contributed by atoms with van der Waals surface area (Å²) in [4.78, 5) is 28.5. The van der Waals surface area contributed by atoms with Crippen molar-refractivity contribution in [3.05, 3.63) is 46.5 Å². The number of amides is 2. The van der Waals surface area contributed by atoms with Gasteiger partial charge in [0.2, 0.25) is 11.8 Å². The second-order valence-electron chi connectivity index (χ2n) is 6.67. The van der Waals surface area contributed by atoms with E-state index in [1.54, 1.807) is 11.0 Å². The molecule has 6 heteroatoms. The Hall–Kier alpha value is -1.52. The minimum atomic E-state index is -0.0549. The molecule has 0 aliphatic carbocycles. The number of hydrogen-bond acceptors (Lipinski definition) is 2. The fraction of sp³-hybridized carbons (Fsp3) is 0.474. The van der Waals surface area contributed by atoms with Crippen LogP contribution in [-0.4, -0.2) is 41.2 Å². The van der Waals surface area contributed by atoms with Crippen LogP contribution in [0, 0.1) is 5.92 Å². The summed E-state index contributed by atoms with van der Waals surface area (Å²) in [6.07, 6.45) is 4.69. The van der Waals surface area contributed by atoms with Gasteiger partial charge in [-0.1, -0.05) is 35.8 Å². The number of carbonyl (C=O) groups is 2. The zero-order valence-electron chi connectivity index (χ0n) is 14.1. The van der Waals surface area contributed by atoms with Gasteiger partial charge in [-0.15, -0.1) is 0 Å². The molecule has 1 unspecified atom stereocenters. The molecule has 0 spiro atoms. The summed E-state index contributed by atoms with van der Waals surface area (Å²) in [5, 5.41) is 1.05. The van der Waals surface area contributed by atoms with Crippen LogP contribution in [0.25, 0.3) is 0 Å². The molecule has 2 fully saturated rings. The first-order valence-electron chi connectivity index (χ1n) is 8.68. The van der Waals surface area contributed by atoms with Crippen molar-refractivity contribution in [1.82, 2.24) is 9.80 Å². The average Bonchev–Trinajstić information content (AvgIpc) is 3.12. The van der Waals surface area contributed by atoms with Gasteiger partial charge in [0.1, 0.15) is 0 Å². The third kappa shape index (κ3) is 3.85. The molecular weight excluding hydrogens is 359 g/mol. The molecular formula is C19H22Cl2N2O2. The van der Waals surface area contributed by atoms with E-state index in [0.717, 1.165) is 24.9 Å². The van der Waals surface area contributed by atoms with Gasteiger partial charge in [0.05, 0.1) is 16.1 Å². The molecule has 1 atom stereocenters. The summed E-state index contributed by atoms with van der Waals surface area (Å²) in [5.74, 6) is 0.122. The average molecular weight is 381 g/mol. The Kier molecular flexibility index (Phi) is 5.70. The lowest BCUT2D eigenvalue weighted by molar-refractivity contribution is -0.140. The first-order valence-corrected chi connectivity index (χ1v) is 9.43. The van der Waals surface area contributed by atoms with E-state index >= 15 is 0 Å². The third-order valence-corrected chi connectivity index (χ3v) is 5.93. The Morgan fingerprint density at radius 1 is 1.08 bits per heavy atom. The van der Waals surface area contributed by atoms with E-state index in [0.29, 0.717) is 36.0 Å². The van der Waals surface area contributed by atoms with Crippen molar-refractivity contribution in [2.24, 2.45) is 5.92 Å². The van der Waals surface area contributed by atoms with Crippen molar-refractivity contribution in [3.63, 3.8) is 0 Å². The van der Waals surface area contributed by atoms with Crippen molar-refractivity contribution in [2.75, 3.05) is 19.6 Å². The second kappa shape index (κ2) is 7.79. The summed E-state index contributed by atoms with van der Waals surface area (Å²) in [6, 6.07) is 5.68. The lowest BCUT2D eigenvalue weighted by Gasteiger charge is -2.34. The molecule has 2 heterocycles. The number of rotatable bonds is 3. The summed E-state index contributed by atoms with van der Waals surface area (Å²) in [5.41, 5.74) is 1.04. The van der Waals surface area contributed by atoms with Gasteiger partial charge in [0, 0.05) is 25.6 Å². The Morgan fingerprint density at radius 3 is 2.44 bits per heavy atom. The highest BCUT2D eigenvalue weighted by Gasteiger charge is 2.35. The number of benzene rings is 1. The fourth-order valence-corrected chi connectivity index (χ4v) is 4.11. The van der Waals surface area contributed by atoms with Gasteiger partial charge in [0.25, 0.3) is 0 Å². The Labute approximate surface area is 158 Å². The number of carbonyl (C=O) groups excluding carboxylic acids is 2. The first kappa shape index (κ1) is 18.3. The monoisotopic (exact) mass is 380 g/mol. The van der Waals surface area contributed by atoms with Crippen LogP contribution in [0.5, 0.6) is 0 Å². The smallest absolute Gasteiger partial charge is 0.245 e. The van der Waals surface area contributed by atoms with Crippen LogP contribution < -0.4 is 0 Å². The summed E-state index contributed by atoms with van der Waals surface area (Å²) < 4.78 is 0. The molecule has 134 valence electrons. The molecule has 0 saturated carbocycles. The Morgan fingerprint density at radius 2 is 1.80 bits per heavy atom. The first-order chi connectivity index (χ1) is 12.0. The highest BCUT2D eigenvalue weighted by Crippen LogP contribution is 2.36. The van der Waals surface area contributed by atoms with Crippen molar-refractivity contribution in [3.8, 4) is 0 Å². The molecule has 4 nitrogen and oxygen atoms in total. The van der Waals surface area contributed by atoms with E-state index in [2.05, 4.69) is 6.58 Å². The normalized spacial score (nSPS) is 21.4. The van der Waals surface area contributed by atoms with Gasteiger partial charge >= 0.3 is 0 Å². The molecule has 2 saturated heterocycles. The third-order valence-electron chi connectivity index (χ3n) is 5.19. The number of hydrogen-bond donors (Lipinski definition) is 0. The van der Waals surface area contributed by atoms with Crippen LogP contribution >= 0.6 is 23.2 Å². The van der Waals surface area contributed by atoms with Gasteiger partial charge in [0.15, 0.2) is 0 Å². The highest BCUT2D eigenvalue weighted by atomic mass is 35.5. The van der Waals surface area contributed by atoms with Crippen LogP contribution in [0.2, 0.25) is 10.0 Å². The van der Waals surface area contributed by atoms with Gasteiger partial charge < -0.3 is 9.80 Å². The SMILES string of the molecule is C=CC(=O)N1CCC(C(=O)N2CCCC2c2ccc(Cl)c(Cl)c2)CC1. The van der Waals surface area contributed by atoms with Crippen molar-refractivity contribution in [1.29, 1.82) is 0 Å². The number of halogens is 2. The van der Waals surface area contributed by atoms with E-state index in [-0.39, 0.29) is 23.8 Å². The molecule has 0 bridgehead atoms.